The number of rotatable bonds is 6. The first-order chi connectivity index (χ1) is 29.1. The normalized spacial score (nSPS) is 15.5. The van der Waals surface area contributed by atoms with E-state index in [-0.39, 0.29) is 6.04 Å². The molecule has 1 heterocycles. The highest BCUT2D eigenvalue weighted by atomic mass is 15.2. The van der Waals surface area contributed by atoms with Crippen LogP contribution in [0.15, 0.2) is 212 Å². The molecule has 0 N–H and O–H groups in total. The lowest BCUT2D eigenvalue weighted by atomic mass is 9.83. The molecule has 0 saturated carbocycles. The molecule has 9 aromatic rings. The lowest BCUT2D eigenvalue weighted by Crippen LogP contribution is -2.28. The van der Waals surface area contributed by atoms with Gasteiger partial charge in [0.15, 0.2) is 0 Å². The van der Waals surface area contributed by atoms with Crippen LogP contribution in [-0.4, -0.2) is 6.04 Å². The van der Waals surface area contributed by atoms with Gasteiger partial charge in [-0.3, -0.25) is 0 Å². The van der Waals surface area contributed by atoms with E-state index in [0.717, 1.165) is 0 Å². The van der Waals surface area contributed by atoms with Gasteiger partial charge in [0.05, 0.1) is 6.04 Å². The van der Waals surface area contributed by atoms with Crippen LogP contribution in [-0.2, 0) is 0 Å². The van der Waals surface area contributed by atoms with Crippen molar-refractivity contribution in [1.29, 1.82) is 0 Å². The van der Waals surface area contributed by atoms with Crippen LogP contribution in [0.1, 0.15) is 22.6 Å². The Morgan fingerprint density at radius 1 is 0.356 bits per heavy atom. The quantitative estimate of drug-likeness (QED) is 0.153. The molecule has 0 spiro atoms. The third kappa shape index (κ3) is 6.10. The van der Waals surface area contributed by atoms with Crippen LogP contribution in [0.3, 0.4) is 0 Å². The molecule has 0 bridgehead atoms. The number of hydrogen-bond donors (Lipinski definition) is 0. The first-order valence-electron chi connectivity index (χ1n) is 20.7. The summed E-state index contributed by atoms with van der Waals surface area (Å²) in [6, 6.07) is 70.4. The largest absolute Gasteiger partial charge is 0.333 e. The Morgan fingerprint density at radius 2 is 0.797 bits per heavy atom. The van der Waals surface area contributed by atoms with Gasteiger partial charge in [-0.2, -0.15) is 0 Å². The van der Waals surface area contributed by atoms with Crippen molar-refractivity contribution in [3.63, 3.8) is 0 Å². The fourth-order valence-corrected chi connectivity index (χ4v) is 9.55. The van der Waals surface area contributed by atoms with Crippen LogP contribution in [0.4, 0.5) is 11.4 Å². The Kier molecular flexibility index (Phi) is 8.48. The summed E-state index contributed by atoms with van der Waals surface area (Å²) < 4.78 is 0. The SMILES string of the molecule is Cc1ccc(-c2ccc3c(-c4ccc(-c5ccc6c(c5)C5C=CC=CC5N6c5ccccc5)cc4)c4cc(-c5ccc(C)cc5)ccc4c(-c4ccccc4)c3c2)cc1. The fourth-order valence-electron chi connectivity index (χ4n) is 9.55. The third-order valence-corrected chi connectivity index (χ3v) is 12.5. The van der Waals surface area contributed by atoms with Crippen molar-refractivity contribution < 1.29 is 0 Å². The second-order valence-electron chi connectivity index (χ2n) is 16.2. The highest BCUT2D eigenvalue weighted by Gasteiger charge is 2.37. The molecule has 1 nitrogen and oxygen atoms in total. The molecule has 2 aliphatic rings. The van der Waals surface area contributed by atoms with E-state index in [1.165, 1.54) is 105 Å². The maximum Gasteiger partial charge on any atom is 0.0629 e. The van der Waals surface area contributed by atoms with Crippen molar-refractivity contribution in [2.24, 2.45) is 0 Å². The average molecular weight is 754 g/mol. The first kappa shape index (κ1) is 35.0. The zero-order valence-electron chi connectivity index (χ0n) is 33.3. The van der Waals surface area contributed by atoms with E-state index in [2.05, 4.69) is 231 Å². The molecule has 11 rings (SSSR count). The number of nitrogens with zero attached hydrogens (tertiary/aromatic N) is 1. The molecule has 0 fully saturated rings. The molecule has 1 heteroatoms. The summed E-state index contributed by atoms with van der Waals surface area (Å²) in [5.41, 5.74) is 18.7. The first-order valence-corrected chi connectivity index (χ1v) is 20.7. The molecule has 280 valence electrons. The molecule has 9 aromatic carbocycles. The Labute approximate surface area is 346 Å². The van der Waals surface area contributed by atoms with Crippen molar-refractivity contribution >= 4 is 32.9 Å². The molecule has 1 aliphatic heterocycles. The minimum Gasteiger partial charge on any atom is -0.333 e. The van der Waals surface area contributed by atoms with Gasteiger partial charge in [-0.05, 0) is 133 Å². The standard InChI is InChI=1S/C58H43N/c1-38-17-21-40(22-18-38)45-30-33-51-53(36-45)57(43-11-5-3-6-12-43)50-32-29-46(41-23-19-39(2)20-24-41)37-54(50)58(51)44-27-25-42(26-28-44)47-31-34-56-52(35-47)49-15-9-10-16-55(49)59(56)48-13-7-4-8-14-48/h3-37,49,55H,1-2H3. The number of fused-ring (bicyclic) bond motifs is 5. The van der Waals surface area contributed by atoms with Crippen LogP contribution in [0.2, 0.25) is 0 Å². The highest BCUT2D eigenvalue weighted by Crippen LogP contribution is 2.50. The van der Waals surface area contributed by atoms with Crippen LogP contribution in [0, 0.1) is 13.8 Å². The van der Waals surface area contributed by atoms with Crippen molar-refractivity contribution in [3.05, 3.63) is 229 Å². The maximum absolute atomic E-state index is 2.50. The van der Waals surface area contributed by atoms with Gasteiger partial charge >= 0.3 is 0 Å². The smallest absolute Gasteiger partial charge is 0.0629 e. The second kappa shape index (κ2) is 14.3. The van der Waals surface area contributed by atoms with Crippen LogP contribution in [0.5, 0.6) is 0 Å². The van der Waals surface area contributed by atoms with E-state index in [1.54, 1.807) is 0 Å². The monoisotopic (exact) mass is 753 g/mol. The van der Waals surface area contributed by atoms with Crippen molar-refractivity contribution in [2.75, 3.05) is 4.90 Å². The van der Waals surface area contributed by atoms with Crippen LogP contribution in [0.25, 0.3) is 77.2 Å². The van der Waals surface area contributed by atoms with E-state index in [9.17, 15) is 0 Å². The van der Waals surface area contributed by atoms with Crippen molar-refractivity contribution in [1.82, 2.24) is 0 Å². The molecule has 0 amide bonds. The molecule has 2 unspecified atom stereocenters. The van der Waals surface area contributed by atoms with E-state index in [0.29, 0.717) is 5.92 Å². The molecule has 2 atom stereocenters. The highest BCUT2D eigenvalue weighted by molar-refractivity contribution is 6.22. The third-order valence-electron chi connectivity index (χ3n) is 12.5. The summed E-state index contributed by atoms with van der Waals surface area (Å²) in [5, 5.41) is 5.02. The summed E-state index contributed by atoms with van der Waals surface area (Å²) in [7, 11) is 0. The van der Waals surface area contributed by atoms with Gasteiger partial charge in [-0.15, -0.1) is 0 Å². The zero-order valence-corrected chi connectivity index (χ0v) is 33.3. The van der Waals surface area contributed by atoms with Gasteiger partial charge in [0, 0.05) is 17.3 Å². The van der Waals surface area contributed by atoms with E-state index >= 15 is 0 Å². The average Bonchev–Trinajstić information content (AvgIpc) is 3.63. The zero-order chi connectivity index (χ0) is 39.5. The molecular formula is C58H43N. The maximum atomic E-state index is 2.50. The minimum atomic E-state index is 0.270. The Morgan fingerprint density at radius 3 is 1.37 bits per heavy atom. The minimum absolute atomic E-state index is 0.270. The van der Waals surface area contributed by atoms with Crippen LogP contribution < -0.4 is 4.90 Å². The summed E-state index contributed by atoms with van der Waals surface area (Å²) in [4.78, 5) is 2.50. The number of benzene rings is 9. The lowest BCUT2D eigenvalue weighted by Gasteiger charge is -2.28. The molecule has 59 heavy (non-hydrogen) atoms. The molecule has 0 radical (unpaired) electrons. The Hall–Kier alpha value is -7.22. The van der Waals surface area contributed by atoms with E-state index in [1.807, 2.05) is 0 Å². The van der Waals surface area contributed by atoms with Gasteiger partial charge in [-0.1, -0.05) is 187 Å². The summed E-state index contributed by atoms with van der Waals surface area (Å²) >= 11 is 0. The summed E-state index contributed by atoms with van der Waals surface area (Å²) in [6.07, 6.45) is 9.10. The van der Waals surface area contributed by atoms with Gasteiger partial charge in [0.1, 0.15) is 0 Å². The number of anilines is 2. The molecule has 0 saturated heterocycles. The van der Waals surface area contributed by atoms with Gasteiger partial charge in [-0.25, -0.2) is 0 Å². The summed E-state index contributed by atoms with van der Waals surface area (Å²) in [5.74, 6) is 0.308. The topological polar surface area (TPSA) is 3.24 Å². The van der Waals surface area contributed by atoms with Crippen LogP contribution >= 0.6 is 0 Å². The van der Waals surface area contributed by atoms with Gasteiger partial charge < -0.3 is 4.90 Å². The molecule has 1 aliphatic carbocycles. The molecular weight excluding hydrogens is 711 g/mol. The number of allylic oxidation sites excluding steroid dienone is 2. The second-order valence-corrected chi connectivity index (χ2v) is 16.2. The summed E-state index contributed by atoms with van der Waals surface area (Å²) in [6.45, 7) is 4.30. The Balaban J connectivity index is 1.09. The fraction of sp³-hybridized carbons (Fsp3) is 0.0690. The number of aryl methyl sites for hydroxylation is 2. The van der Waals surface area contributed by atoms with Gasteiger partial charge in [0.25, 0.3) is 0 Å². The van der Waals surface area contributed by atoms with Crippen molar-refractivity contribution in [3.8, 4) is 55.6 Å². The lowest BCUT2D eigenvalue weighted by molar-refractivity contribution is 0.745. The predicted octanol–water partition coefficient (Wildman–Crippen LogP) is 15.7. The van der Waals surface area contributed by atoms with E-state index < -0.39 is 0 Å². The van der Waals surface area contributed by atoms with Crippen molar-refractivity contribution in [2.45, 2.75) is 25.8 Å². The Bertz CT molecular complexity index is 3080. The number of para-hydroxylation sites is 1. The predicted molar refractivity (Wildman–Crippen MR) is 251 cm³/mol. The number of hydrogen-bond acceptors (Lipinski definition) is 1. The van der Waals surface area contributed by atoms with Gasteiger partial charge in [0.2, 0.25) is 0 Å². The van der Waals surface area contributed by atoms with E-state index in [4.69, 9.17) is 0 Å². The molecule has 0 aromatic heterocycles.